The number of nitrogens with zero attached hydrogens (tertiary/aromatic N) is 5. The summed E-state index contributed by atoms with van der Waals surface area (Å²) in [5.74, 6) is 5.91. The number of rotatable bonds is 3. The lowest BCUT2D eigenvalue weighted by atomic mass is 9.85. The number of aliphatic hydroxyl groups is 1. The van der Waals surface area contributed by atoms with Gasteiger partial charge in [0.1, 0.15) is 17.1 Å². The third kappa shape index (κ3) is 4.49. The third-order valence-electron chi connectivity index (χ3n) is 5.90. The molecule has 2 atom stereocenters. The molecule has 0 bridgehead atoms. The van der Waals surface area contributed by atoms with E-state index in [-0.39, 0.29) is 31.1 Å². The smallest absolute Gasteiger partial charge is 0.373 e. The molecular formula is C22H21F3N6O2. The van der Waals surface area contributed by atoms with Crippen LogP contribution in [0, 0.1) is 11.8 Å². The highest BCUT2D eigenvalue weighted by molar-refractivity contribution is 5.43. The number of nitrogens with one attached hydrogen (secondary N) is 1. The predicted octanol–water partition coefficient (Wildman–Crippen LogP) is 2.79. The van der Waals surface area contributed by atoms with Crippen LogP contribution in [0.3, 0.4) is 0 Å². The first-order valence-corrected chi connectivity index (χ1v) is 10.6. The standard InChI is InChI=1S/C22H21F3N6O2/c23-22(24,25)16-11-26-20(28-17(16)7-8-21(32)12-33-13-21)27-15-5-3-4-14(10-15)19-30-29-18-6-1-2-9-31(18)19/h1-2,6,9,11,14-15,32H,3-5,10,12-13H2,(H,26,27,28)/t14-,15+/m0/s1. The first-order chi connectivity index (χ1) is 15.8. The van der Waals surface area contributed by atoms with E-state index < -0.39 is 23.0 Å². The zero-order valence-corrected chi connectivity index (χ0v) is 17.5. The normalized spacial score (nSPS) is 22.3. The van der Waals surface area contributed by atoms with Crippen molar-refractivity contribution in [2.45, 2.75) is 49.4 Å². The van der Waals surface area contributed by atoms with Gasteiger partial charge in [0.2, 0.25) is 5.95 Å². The molecule has 0 amide bonds. The number of hydrogen-bond acceptors (Lipinski definition) is 7. The second-order valence-electron chi connectivity index (χ2n) is 8.42. The van der Waals surface area contributed by atoms with Crippen LogP contribution in [0.4, 0.5) is 19.1 Å². The van der Waals surface area contributed by atoms with E-state index in [9.17, 15) is 18.3 Å². The summed E-state index contributed by atoms with van der Waals surface area (Å²) in [7, 11) is 0. The number of ether oxygens (including phenoxy) is 1. The van der Waals surface area contributed by atoms with Gasteiger partial charge >= 0.3 is 6.18 Å². The number of fused-ring (bicyclic) bond motifs is 1. The molecule has 1 saturated carbocycles. The minimum Gasteiger partial charge on any atom is -0.373 e. The van der Waals surface area contributed by atoms with Crippen LogP contribution in [0.5, 0.6) is 0 Å². The average Bonchev–Trinajstić information content (AvgIpc) is 3.20. The van der Waals surface area contributed by atoms with Crippen LogP contribution < -0.4 is 5.32 Å². The minimum absolute atomic E-state index is 0.0402. The van der Waals surface area contributed by atoms with Gasteiger partial charge in [-0.1, -0.05) is 18.4 Å². The Labute approximate surface area is 187 Å². The second-order valence-corrected chi connectivity index (χ2v) is 8.42. The molecule has 1 aliphatic carbocycles. The number of aromatic nitrogens is 5. The van der Waals surface area contributed by atoms with Gasteiger partial charge in [-0.2, -0.15) is 13.2 Å². The van der Waals surface area contributed by atoms with Crippen molar-refractivity contribution in [2.24, 2.45) is 0 Å². The van der Waals surface area contributed by atoms with Crippen LogP contribution in [0.15, 0.2) is 30.6 Å². The summed E-state index contributed by atoms with van der Waals surface area (Å²) in [6.07, 6.45) is 1.41. The van der Waals surface area contributed by atoms with E-state index in [2.05, 4.69) is 37.3 Å². The molecule has 1 aliphatic heterocycles. The summed E-state index contributed by atoms with van der Waals surface area (Å²) < 4.78 is 47.1. The Bertz CT molecular complexity index is 1230. The van der Waals surface area contributed by atoms with Crippen molar-refractivity contribution in [3.8, 4) is 11.8 Å². The molecule has 2 aliphatic rings. The maximum atomic E-state index is 13.4. The highest BCUT2D eigenvalue weighted by Crippen LogP contribution is 2.34. The lowest BCUT2D eigenvalue weighted by Gasteiger charge is -2.31. The first kappa shape index (κ1) is 21.6. The lowest BCUT2D eigenvalue weighted by molar-refractivity contribution is -0.141. The zero-order valence-electron chi connectivity index (χ0n) is 17.5. The van der Waals surface area contributed by atoms with Gasteiger partial charge in [-0.15, -0.1) is 10.2 Å². The molecule has 11 heteroatoms. The Morgan fingerprint density at radius 2 is 2.06 bits per heavy atom. The van der Waals surface area contributed by atoms with Crippen molar-refractivity contribution in [3.05, 3.63) is 47.7 Å². The SMILES string of the molecule is OC1(C#Cc2nc(N[C@@H]3CCC[C@H](c4nnc5ccccn45)C3)ncc2C(F)(F)F)COC1. The topological polar surface area (TPSA) is 97.5 Å². The van der Waals surface area contributed by atoms with E-state index in [1.165, 1.54) is 0 Å². The van der Waals surface area contributed by atoms with Crippen molar-refractivity contribution in [1.29, 1.82) is 0 Å². The van der Waals surface area contributed by atoms with Gasteiger partial charge in [0.05, 0.1) is 13.2 Å². The van der Waals surface area contributed by atoms with Crippen LogP contribution in [0.2, 0.25) is 0 Å². The summed E-state index contributed by atoms with van der Waals surface area (Å²) >= 11 is 0. The van der Waals surface area contributed by atoms with Crippen LogP contribution in [-0.4, -0.2) is 54.5 Å². The van der Waals surface area contributed by atoms with E-state index in [4.69, 9.17) is 4.74 Å². The molecule has 0 aromatic carbocycles. The summed E-state index contributed by atoms with van der Waals surface area (Å²) in [6.45, 7) is -0.0867. The average molecular weight is 458 g/mol. The van der Waals surface area contributed by atoms with Gasteiger partial charge in [-0.25, -0.2) is 9.97 Å². The molecule has 0 spiro atoms. The van der Waals surface area contributed by atoms with Crippen molar-refractivity contribution in [2.75, 3.05) is 18.5 Å². The van der Waals surface area contributed by atoms with E-state index in [1.807, 2.05) is 28.8 Å². The van der Waals surface area contributed by atoms with Gasteiger partial charge < -0.3 is 15.2 Å². The minimum atomic E-state index is -4.66. The zero-order chi connectivity index (χ0) is 23.1. The van der Waals surface area contributed by atoms with E-state index >= 15 is 0 Å². The van der Waals surface area contributed by atoms with Crippen molar-refractivity contribution >= 4 is 11.6 Å². The molecule has 2 fully saturated rings. The molecule has 3 aromatic heterocycles. The van der Waals surface area contributed by atoms with Crippen molar-refractivity contribution < 1.29 is 23.0 Å². The molecule has 4 heterocycles. The van der Waals surface area contributed by atoms with Crippen LogP contribution >= 0.6 is 0 Å². The molecular weight excluding hydrogens is 437 g/mol. The maximum absolute atomic E-state index is 13.4. The molecule has 5 rings (SSSR count). The Morgan fingerprint density at radius 1 is 1.21 bits per heavy atom. The first-order valence-electron chi connectivity index (χ1n) is 10.6. The number of pyridine rings is 1. The molecule has 1 saturated heterocycles. The quantitative estimate of drug-likeness (QED) is 0.583. The van der Waals surface area contributed by atoms with Gasteiger partial charge in [-0.3, -0.25) is 4.40 Å². The maximum Gasteiger partial charge on any atom is 0.420 e. The summed E-state index contributed by atoms with van der Waals surface area (Å²) in [5.41, 5.74) is -2.19. The van der Waals surface area contributed by atoms with Gasteiger partial charge in [0.15, 0.2) is 11.2 Å². The van der Waals surface area contributed by atoms with Crippen molar-refractivity contribution in [3.63, 3.8) is 0 Å². The van der Waals surface area contributed by atoms with Gasteiger partial charge in [0, 0.05) is 24.4 Å². The van der Waals surface area contributed by atoms with Gasteiger partial charge in [-0.05, 0) is 37.3 Å². The number of anilines is 1. The Kier molecular flexibility index (Phi) is 5.42. The number of hydrogen-bond donors (Lipinski definition) is 2. The van der Waals surface area contributed by atoms with Crippen LogP contribution in [0.1, 0.15) is 48.7 Å². The third-order valence-corrected chi connectivity index (χ3v) is 5.90. The molecule has 3 aromatic rings. The molecule has 0 unspecified atom stereocenters. The summed E-state index contributed by atoms with van der Waals surface area (Å²) in [4.78, 5) is 7.92. The van der Waals surface area contributed by atoms with Crippen molar-refractivity contribution in [1.82, 2.24) is 24.6 Å². The molecule has 0 radical (unpaired) electrons. The molecule has 8 nitrogen and oxygen atoms in total. The van der Waals surface area contributed by atoms with Crippen LogP contribution in [-0.2, 0) is 10.9 Å². The Balaban J connectivity index is 1.36. The molecule has 33 heavy (non-hydrogen) atoms. The largest absolute Gasteiger partial charge is 0.420 e. The molecule has 172 valence electrons. The fourth-order valence-corrected chi connectivity index (χ4v) is 4.17. The fraction of sp³-hybridized carbons (Fsp3) is 0.455. The lowest BCUT2D eigenvalue weighted by Crippen LogP contribution is -2.48. The summed E-state index contributed by atoms with van der Waals surface area (Å²) in [5, 5.41) is 21.8. The Hall–Kier alpha value is -3.23. The fourth-order valence-electron chi connectivity index (χ4n) is 4.17. The van der Waals surface area contributed by atoms with E-state index in [0.29, 0.717) is 0 Å². The number of alkyl halides is 3. The second kappa shape index (κ2) is 8.28. The molecule has 2 N–H and O–H groups in total. The Morgan fingerprint density at radius 3 is 2.82 bits per heavy atom. The monoisotopic (exact) mass is 458 g/mol. The van der Waals surface area contributed by atoms with Crippen LogP contribution in [0.25, 0.3) is 5.65 Å². The highest BCUT2D eigenvalue weighted by atomic mass is 19.4. The number of halogens is 3. The van der Waals surface area contributed by atoms with E-state index in [0.717, 1.165) is 43.4 Å². The van der Waals surface area contributed by atoms with Gasteiger partial charge in [0.25, 0.3) is 0 Å². The summed E-state index contributed by atoms with van der Waals surface area (Å²) in [6, 6.07) is 5.67. The van der Waals surface area contributed by atoms with E-state index in [1.54, 1.807) is 0 Å². The highest BCUT2D eigenvalue weighted by Gasteiger charge is 2.37. The predicted molar refractivity (Wildman–Crippen MR) is 111 cm³/mol.